The molecule has 1 amide bonds. The van der Waals surface area contributed by atoms with E-state index in [4.69, 9.17) is 0 Å². The standard InChI is InChI=1S/C17H22F3N2O/c1-2-3-4-16(23)22-11-9-21(10-12-22)13-14-5-7-15(8-6-14)17(18,19)20/h5-8H,1-4,9-13H2. The van der Waals surface area contributed by atoms with Crippen LogP contribution >= 0.6 is 0 Å². The Kier molecular flexibility index (Phi) is 6.04. The van der Waals surface area contributed by atoms with E-state index in [1.807, 2.05) is 4.90 Å². The normalized spacial score (nSPS) is 16.6. The summed E-state index contributed by atoms with van der Waals surface area (Å²) in [6, 6.07) is 5.28. The first kappa shape index (κ1) is 17.8. The molecule has 0 atom stereocenters. The fourth-order valence-electron chi connectivity index (χ4n) is 2.65. The second-order valence-corrected chi connectivity index (χ2v) is 5.81. The molecule has 0 unspecified atom stereocenters. The van der Waals surface area contributed by atoms with Gasteiger partial charge in [-0.1, -0.05) is 25.5 Å². The number of carbonyl (C=O) groups excluding carboxylic acids is 1. The van der Waals surface area contributed by atoms with Gasteiger partial charge in [0.1, 0.15) is 0 Å². The molecule has 0 aliphatic carbocycles. The molecule has 1 aliphatic rings. The second kappa shape index (κ2) is 7.81. The van der Waals surface area contributed by atoms with Gasteiger partial charge >= 0.3 is 6.18 Å². The highest BCUT2D eigenvalue weighted by atomic mass is 19.4. The number of nitrogens with zero attached hydrogens (tertiary/aromatic N) is 2. The number of hydrogen-bond donors (Lipinski definition) is 0. The maximum Gasteiger partial charge on any atom is 0.416 e. The van der Waals surface area contributed by atoms with Crippen LogP contribution in [0.4, 0.5) is 13.2 Å². The maximum atomic E-state index is 12.5. The molecule has 2 rings (SSSR count). The summed E-state index contributed by atoms with van der Waals surface area (Å²) in [6.07, 6.45) is -2.18. The van der Waals surface area contributed by atoms with Gasteiger partial charge < -0.3 is 4.90 Å². The number of alkyl halides is 3. The van der Waals surface area contributed by atoms with Crippen LogP contribution in [-0.2, 0) is 17.5 Å². The molecule has 1 aromatic rings. The average Bonchev–Trinajstić information content (AvgIpc) is 2.53. The van der Waals surface area contributed by atoms with Gasteiger partial charge in [0.15, 0.2) is 0 Å². The Morgan fingerprint density at radius 1 is 1.09 bits per heavy atom. The molecule has 1 fully saturated rings. The number of rotatable bonds is 5. The molecule has 6 heteroatoms. The number of amides is 1. The molecule has 0 aromatic heterocycles. The molecule has 0 bridgehead atoms. The zero-order chi connectivity index (χ0) is 16.9. The summed E-state index contributed by atoms with van der Waals surface area (Å²) in [6.45, 7) is 7.19. The van der Waals surface area contributed by atoms with E-state index in [-0.39, 0.29) is 5.91 Å². The van der Waals surface area contributed by atoms with Gasteiger partial charge in [0.05, 0.1) is 5.56 Å². The van der Waals surface area contributed by atoms with Gasteiger partial charge in [0, 0.05) is 39.1 Å². The summed E-state index contributed by atoms with van der Waals surface area (Å²) < 4.78 is 37.6. The van der Waals surface area contributed by atoms with E-state index in [0.717, 1.165) is 43.6 Å². The maximum absolute atomic E-state index is 12.5. The van der Waals surface area contributed by atoms with Crippen LogP contribution in [0.2, 0.25) is 0 Å². The van der Waals surface area contributed by atoms with Crippen molar-refractivity contribution in [2.75, 3.05) is 26.2 Å². The number of halogens is 3. The lowest BCUT2D eigenvalue weighted by Gasteiger charge is -2.34. The summed E-state index contributed by atoms with van der Waals surface area (Å²) in [5.41, 5.74) is 0.233. The Labute approximate surface area is 135 Å². The Bertz CT molecular complexity index is 506. The van der Waals surface area contributed by atoms with Crippen molar-refractivity contribution in [1.82, 2.24) is 9.80 Å². The van der Waals surface area contributed by atoms with Gasteiger partial charge in [-0.3, -0.25) is 9.69 Å². The SMILES string of the molecule is [CH2]CCCC(=O)N1CCN(Cc2ccc(C(F)(F)F)cc2)CC1. The second-order valence-electron chi connectivity index (χ2n) is 5.81. The van der Waals surface area contributed by atoms with E-state index >= 15 is 0 Å². The molecular formula is C17H22F3N2O. The van der Waals surface area contributed by atoms with Crippen molar-refractivity contribution in [3.8, 4) is 0 Å². The van der Waals surface area contributed by atoms with Crippen LogP contribution in [0.3, 0.4) is 0 Å². The van der Waals surface area contributed by atoms with E-state index in [1.54, 1.807) is 0 Å². The lowest BCUT2D eigenvalue weighted by atomic mass is 10.1. The molecule has 3 nitrogen and oxygen atoms in total. The highest BCUT2D eigenvalue weighted by Gasteiger charge is 2.30. The molecule has 1 saturated heterocycles. The lowest BCUT2D eigenvalue weighted by Crippen LogP contribution is -2.48. The first-order valence-corrected chi connectivity index (χ1v) is 7.85. The highest BCUT2D eigenvalue weighted by molar-refractivity contribution is 5.76. The van der Waals surface area contributed by atoms with Crippen molar-refractivity contribution in [3.63, 3.8) is 0 Å². The summed E-state index contributed by atoms with van der Waals surface area (Å²) in [4.78, 5) is 15.9. The fourth-order valence-corrected chi connectivity index (χ4v) is 2.65. The zero-order valence-electron chi connectivity index (χ0n) is 13.1. The summed E-state index contributed by atoms with van der Waals surface area (Å²) in [5, 5.41) is 0. The van der Waals surface area contributed by atoms with E-state index < -0.39 is 11.7 Å². The minimum Gasteiger partial charge on any atom is -0.340 e. The van der Waals surface area contributed by atoms with Crippen molar-refractivity contribution in [3.05, 3.63) is 42.3 Å². The van der Waals surface area contributed by atoms with Gasteiger partial charge in [-0.2, -0.15) is 13.2 Å². The summed E-state index contributed by atoms with van der Waals surface area (Å²) in [7, 11) is 0. The number of piperazine rings is 1. The van der Waals surface area contributed by atoms with Crippen LogP contribution in [0.1, 0.15) is 30.4 Å². The van der Waals surface area contributed by atoms with Crippen LogP contribution in [-0.4, -0.2) is 41.9 Å². The molecule has 1 radical (unpaired) electrons. The van der Waals surface area contributed by atoms with E-state index in [2.05, 4.69) is 11.8 Å². The van der Waals surface area contributed by atoms with Crippen LogP contribution < -0.4 is 0 Å². The van der Waals surface area contributed by atoms with Crippen molar-refractivity contribution >= 4 is 5.91 Å². The van der Waals surface area contributed by atoms with E-state index in [9.17, 15) is 18.0 Å². The average molecular weight is 327 g/mol. The van der Waals surface area contributed by atoms with Crippen LogP contribution in [0.15, 0.2) is 24.3 Å². The van der Waals surface area contributed by atoms with Crippen molar-refractivity contribution in [2.24, 2.45) is 0 Å². The molecule has 1 aliphatic heterocycles. The number of hydrogen-bond acceptors (Lipinski definition) is 2. The molecule has 23 heavy (non-hydrogen) atoms. The number of carbonyl (C=O) groups is 1. The minimum atomic E-state index is -4.29. The first-order chi connectivity index (χ1) is 10.9. The Balaban J connectivity index is 1.81. The molecular weight excluding hydrogens is 305 g/mol. The van der Waals surface area contributed by atoms with Crippen molar-refractivity contribution < 1.29 is 18.0 Å². The third kappa shape index (κ3) is 5.23. The van der Waals surface area contributed by atoms with Crippen LogP contribution in [0.5, 0.6) is 0 Å². The number of unbranched alkanes of at least 4 members (excludes halogenated alkanes) is 1. The minimum absolute atomic E-state index is 0.169. The quantitative estimate of drug-likeness (QED) is 0.828. The van der Waals surface area contributed by atoms with E-state index in [0.29, 0.717) is 26.1 Å². The third-order valence-electron chi connectivity index (χ3n) is 4.05. The largest absolute Gasteiger partial charge is 0.416 e. The van der Waals surface area contributed by atoms with Gasteiger partial charge in [0.25, 0.3) is 0 Å². The van der Waals surface area contributed by atoms with E-state index in [1.165, 1.54) is 12.1 Å². The van der Waals surface area contributed by atoms with Crippen molar-refractivity contribution in [1.29, 1.82) is 0 Å². The molecule has 0 N–H and O–H groups in total. The third-order valence-corrected chi connectivity index (χ3v) is 4.05. The predicted octanol–water partition coefficient (Wildman–Crippen LogP) is 3.35. The Morgan fingerprint density at radius 2 is 1.70 bits per heavy atom. The Morgan fingerprint density at radius 3 is 2.22 bits per heavy atom. The molecule has 1 aromatic carbocycles. The van der Waals surface area contributed by atoms with Crippen LogP contribution in [0, 0.1) is 6.92 Å². The van der Waals surface area contributed by atoms with Crippen LogP contribution in [0.25, 0.3) is 0 Å². The first-order valence-electron chi connectivity index (χ1n) is 7.85. The monoisotopic (exact) mass is 327 g/mol. The summed E-state index contributed by atoms with van der Waals surface area (Å²) >= 11 is 0. The molecule has 127 valence electrons. The van der Waals surface area contributed by atoms with Gasteiger partial charge in [-0.15, -0.1) is 0 Å². The highest BCUT2D eigenvalue weighted by Crippen LogP contribution is 2.29. The topological polar surface area (TPSA) is 23.6 Å². The number of benzene rings is 1. The molecule has 1 heterocycles. The predicted molar refractivity (Wildman–Crippen MR) is 82.5 cm³/mol. The van der Waals surface area contributed by atoms with Gasteiger partial charge in [-0.05, 0) is 24.1 Å². The molecule has 0 spiro atoms. The zero-order valence-corrected chi connectivity index (χ0v) is 13.1. The smallest absolute Gasteiger partial charge is 0.340 e. The molecule has 0 saturated carbocycles. The lowest BCUT2D eigenvalue weighted by molar-refractivity contribution is -0.137. The fraction of sp³-hybridized carbons (Fsp3) is 0.529. The summed E-state index contributed by atoms with van der Waals surface area (Å²) in [5.74, 6) is 0.169. The van der Waals surface area contributed by atoms with Gasteiger partial charge in [-0.25, -0.2) is 0 Å². The Hall–Kier alpha value is -1.56. The van der Waals surface area contributed by atoms with Crippen molar-refractivity contribution in [2.45, 2.75) is 32.0 Å². The van der Waals surface area contributed by atoms with Gasteiger partial charge in [0.2, 0.25) is 5.91 Å².